The monoisotopic (exact) mass is 361 g/mol. The molecule has 0 bridgehead atoms. The van der Waals surface area contributed by atoms with Gasteiger partial charge in [-0.2, -0.15) is 0 Å². The van der Waals surface area contributed by atoms with E-state index in [2.05, 4.69) is 5.32 Å². The van der Waals surface area contributed by atoms with Gasteiger partial charge >= 0.3 is 12.1 Å². The van der Waals surface area contributed by atoms with Crippen molar-refractivity contribution < 1.29 is 28.6 Å². The molecule has 2 atom stereocenters. The Labute approximate surface area is 144 Å². The van der Waals surface area contributed by atoms with Crippen molar-refractivity contribution in [3.8, 4) is 0 Å². The van der Waals surface area contributed by atoms with Crippen molar-refractivity contribution in [1.82, 2.24) is 5.32 Å². The Morgan fingerprint density at radius 1 is 1.38 bits per heavy atom. The lowest BCUT2D eigenvalue weighted by atomic mass is 10.0. The largest absolute Gasteiger partial charge is 0.464 e. The van der Waals surface area contributed by atoms with Gasteiger partial charge in [-0.15, -0.1) is 0 Å². The van der Waals surface area contributed by atoms with E-state index in [0.29, 0.717) is 0 Å². The number of halogens is 2. The predicted molar refractivity (Wildman–Crippen MR) is 86.2 cm³/mol. The highest BCUT2D eigenvalue weighted by atomic mass is 35.5. The highest BCUT2D eigenvalue weighted by Crippen LogP contribution is 2.23. The zero-order chi connectivity index (χ0) is 18.5. The number of carbonyl (C=O) groups is 2. The minimum absolute atomic E-state index is 0.0486. The summed E-state index contributed by atoms with van der Waals surface area (Å²) in [5.74, 6) is -1.63. The number of ether oxygens (including phenoxy) is 2. The highest BCUT2D eigenvalue weighted by molar-refractivity contribution is 6.30. The molecule has 2 unspecified atom stereocenters. The summed E-state index contributed by atoms with van der Waals surface area (Å²) in [6, 6.07) is 2.11. The van der Waals surface area contributed by atoms with Crippen molar-refractivity contribution in [2.45, 2.75) is 45.4 Å². The average Bonchev–Trinajstić information content (AvgIpc) is 2.45. The summed E-state index contributed by atoms with van der Waals surface area (Å²) in [6.07, 6.45) is -2.45. The molecule has 6 nitrogen and oxygen atoms in total. The minimum atomic E-state index is -1.54. The Morgan fingerprint density at radius 2 is 2.00 bits per heavy atom. The molecule has 0 saturated heterocycles. The van der Waals surface area contributed by atoms with E-state index in [4.69, 9.17) is 21.1 Å². The van der Waals surface area contributed by atoms with Crippen molar-refractivity contribution in [2.24, 2.45) is 0 Å². The molecular formula is C16H21ClFNO5. The van der Waals surface area contributed by atoms with Gasteiger partial charge in [-0.05, 0) is 45.4 Å². The fraction of sp³-hybridized carbons (Fsp3) is 0.500. The lowest BCUT2D eigenvalue weighted by molar-refractivity contribution is -0.148. The Bertz CT molecular complexity index is 603. The van der Waals surface area contributed by atoms with Crippen LogP contribution in [0, 0.1) is 5.82 Å². The SMILES string of the molecule is CCOC(=O)C(NC(=O)OC(C)(C)C)C(O)c1ccc(Cl)c(F)c1. The molecule has 0 heterocycles. The lowest BCUT2D eigenvalue weighted by Gasteiger charge is -2.25. The van der Waals surface area contributed by atoms with Gasteiger partial charge in [-0.1, -0.05) is 17.7 Å². The number of aliphatic hydroxyl groups excluding tert-OH is 1. The second-order valence-electron chi connectivity index (χ2n) is 5.99. The molecule has 0 aliphatic carbocycles. The highest BCUT2D eigenvalue weighted by Gasteiger charge is 2.33. The van der Waals surface area contributed by atoms with E-state index >= 15 is 0 Å². The average molecular weight is 362 g/mol. The van der Waals surface area contributed by atoms with Crippen molar-refractivity contribution in [3.05, 3.63) is 34.6 Å². The molecule has 1 amide bonds. The molecule has 0 radical (unpaired) electrons. The summed E-state index contributed by atoms with van der Waals surface area (Å²) >= 11 is 5.60. The third kappa shape index (κ3) is 5.98. The van der Waals surface area contributed by atoms with E-state index in [0.717, 1.165) is 6.07 Å². The number of alkyl carbamates (subject to hydrolysis) is 1. The molecule has 0 aliphatic heterocycles. The molecule has 8 heteroatoms. The molecule has 0 aromatic heterocycles. The lowest BCUT2D eigenvalue weighted by Crippen LogP contribution is -2.47. The molecule has 0 fully saturated rings. The van der Waals surface area contributed by atoms with Crippen LogP contribution in [0.4, 0.5) is 9.18 Å². The Kier molecular flexibility index (Phi) is 6.98. The van der Waals surface area contributed by atoms with Crippen molar-refractivity contribution >= 4 is 23.7 Å². The van der Waals surface area contributed by atoms with Gasteiger partial charge < -0.3 is 19.9 Å². The van der Waals surface area contributed by atoms with Crippen LogP contribution in [0.25, 0.3) is 0 Å². The Morgan fingerprint density at radius 3 is 2.50 bits per heavy atom. The van der Waals surface area contributed by atoms with E-state index in [-0.39, 0.29) is 17.2 Å². The fourth-order valence-corrected chi connectivity index (χ4v) is 1.94. The van der Waals surface area contributed by atoms with Gasteiger partial charge in [0, 0.05) is 0 Å². The number of aliphatic hydroxyl groups is 1. The summed E-state index contributed by atoms with van der Waals surface area (Å²) in [5, 5.41) is 12.5. The van der Waals surface area contributed by atoms with Crippen LogP contribution in [0.3, 0.4) is 0 Å². The van der Waals surface area contributed by atoms with Crippen LogP contribution in [0.5, 0.6) is 0 Å². The Hall–Kier alpha value is -1.86. The van der Waals surface area contributed by atoms with Gasteiger partial charge in [-0.25, -0.2) is 14.0 Å². The minimum Gasteiger partial charge on any atom is -0.464 e. The summed E-state index contributed by atoms with van der Waals surface area (Å²) in [5.41, 5.74) is -0.730. The standard InChI is InChI=1S/C16H21ClFNO5/c1-5-23-14(21)12(19-15(22)24-16(2,3)4)13(20)9-6-7-10(17)11(18)8-9/h6-8,12-13,20H,5H2,1-4H3,(H,19,22). The fourth-order valence-electron chi connectivity index (χ4n) is 1.82. The van der Waals surface area contributed by atoms with Gasteiger partial charge in [0.25, 0.3) is 0 Å². The molecule has 1 aromatic rings. The summed E-state index contributed by atoms with van der Waals surface area (Å²) in [6.45, 7) is 6.58. The molecule has 134 valence electrons. The van der Waals surface area contributed by atoms with Crippen LogP contribution in [0.15, 0.2) is 18.2 Å². The predicted octanol–water partition coefficient (Wildman–Crippen LogP) is 2.97. The van der Waals surface area contributed by atoms with Gasteiger partial charge in [-0.3, -0.25) is 0 Å². The second kappa shape index (κ2) is 8.30. The number of benzene rings is 1. The van der Waals surface area contributed by atoms with Crippen molar-refractivity contribution in [3.63, 3.8) is 0 Å². The zero-order valence-corrected chi connectivity index (χ0v) is 14.7. The smallest absolute Gasteiger partial charge is 0.408 e. The van der Waals surface area contributed by atoms with Gasteiger partial charge in [0.2, 0.25) is 0 Å². The normalized spacial score (nSPS) is 13.8. The van der Waals surface area contributed by atoms with E-state index in [1.807, 2.05) is 0 Å². The first-order valence-corrected chi connectivity index (χ1v) is 7.72. The van der Waals surface area contributed by atoms with Crippen LogP contribution >= 0.6 is 11.6 Å². The third-order valence-corrected chi connectivity index (χ3v) is 3.12. The molecule has 24 heavy (non-hydrogen) atoms. The maximum Gasteiger partial charge on any atom is 0.408 e. The van der Waals surface area contributed by atoms with Gasteiger partial charge in [0.1, 0.15) is 17.5 Å². The first kappa shape index (κ1) is 20.2. The molecule has 0 spiro atoms. The van der Waals surface area contributed by atoms with Crippen LogP contribution in [-0.4, -0.2) is 35.4 Å². The molecular weight excluding hydrogens is 341 g/mol. The number of esters is 1. The number of hydrogen-bond donors (Lipinski definition) is 2. The molecule has 1 aromatic carbocycles. The van der Waals surface area contributed by atoms with Crippen LogP contribution in [-0.2, 0) is 14.3 Å². The summed E-state index contributed by atoms with van der Waals surface area (Å²) in [7, 11) is 0. The molecule has 2 N–H and O–H groups in total. The first-order chi connectivity index (χ1) is 11.0. The van der Waals surface area contributed by atoms with E-state index in [1.54, 1.807) is 27.7 Å². The first-order valence-electron chi connectivity index (χ1n) is 7.34. The quantitative estimate of drug-likeness (QED) is 0.787. The molecule has 0 aliphatic rings. The van der Waals surface area contributed by atoms with E-state index in [9.17, 15) is 19.1 Å². The summed E-state index contributed by atoms with van der Waals surface area (Å²) < 4.78 is 23.5. The van der Waals surface area contributed by atoms with Crippen molar-refractivity contribution in [1.29, 1.82) is 0 Å². The maximum atomic E-state index is 13.6. The van der Waals surface area contributed by atoms with Gasteiger partial charge in [0.05, 0.1) is 11.6 Å². The van der Waals surface area contributed by atoms with E-state index < -0.39 is 35.6 Å². The van der Waals surface area contributed by atoms with Crippen LogP contribution in [0.1, 0.15) is 39.4 Å². The Balaban J connectivity index is 3.01. The van der Waals surface area contributed by atoms with E-state index in [1.165, 1.54) is 12.1 Å². The molecule has 1 rings (SSSR count). The number of amides is 1. The van der Waals surface area contributed by atoms with Crippen LogP contribution in [0.2, 0.25) is 5.02 Å². The number of rotatable bonds is 5. The second-order valence-corrected chi connectivity index (χ2v) is 6.40. The van der Waals surface area contributed by atoms with Crippen molar-refractivity contribution in [2.75, 3.05) is 6.61 Å². The number of carbonyl (C=O) groups excluding carboxylic acids is 2. The number of nitrogens with one attached hydrogen (secondary N) is 1. The summed E-state index contributed by atoms with van der Waals surface area (Å²) in [4.78, 5) is 23.9. The molecule has 0 saturated carbocycles. The topological polar surface area (TPSA) is 84.9 Å². The van der Waals surface area contributed by atoms with Crippen LogP contribution < -0.4 is 5.32 Å². The third-order valence-electron chi connectivity index (χ3n) is 2.81. The number of hydrogen-bond acceptors (Lipinski definition) is 5. The van der Waals surface area contributed by atoms with Gasteiger partial charge in [0.15, 0.2) is 6.04 Å². The maximum absolute atomic E-state index is 13.6. The zero-order valence-electron chi connectivity index (χ0n) is 13.9.